The fourth-order valence-corrected chi connectivity index (χ4v) is 9.88. The molecular formula is C22H44OSi2Sn. The molecule has 0 unspecified atom stereocenters. The van der Waals surface area contributed by atoms with E-state index in [-0.39, 0.29) is 23.2 Å². The van der Waals surface area contributed by atoms with Crippen LogP contribution in [-0.2, 0) is 3.07 Å². The Morgan fingerprint density at radius 3 is 1.35 bits per heavy atom. The van der Waals surface area contributed by atoms with Crippen LogP contribution in [0.4, 0.5) is 0 Å². The van der Waals surface area contributed by atoms with Crippen LogP contribution in [0.3, 0.4) is 0 Å². The van der Waals surface area contributed by atoms with E-state index in [9.17, 15) is 0 Å². The number of hydrogen-bond acceptors (Lipinski definition) is 1. The van der Waals surface area contributed by atoms with Crippen molar-refractivity contribution in [1.82, 2.24) is 0 Å². The van der Waals surface area contributed by atoms with Gasteiger partial charge in [0.1, 0.15) is 0 Å². The monoisotopic (exact) mass is 500 g/mol. The van der Waals surface area contributed by atoms with Gasteiger partial charge in [0, 0.05) is 17.6 Å². The zero-order chi connectivity index (χ0) is 19.9. The minimum absolute atomic E-state index is 0.0502. The zero-order valence-electron chi connectivity index (χ0n) is 19.3. The zero-order valence-corrected chi connectivity index (χ0v) is 24.1. The van der Waals surface area contributed by atoms with Crippen LogP contribution in [0, 0.1) is 23.7 Å². The summed E-state index contributed by atoms with van der Waals surface area (Å²) in [6.07, 6.45) is 7.86. The fraction of sp³-hybridized carbons (Fsp3) is 1.00. The van der Waals surface area contributed by atoms with Gasteiger partial charge in [-0.05, 0) is 5.04 Å². The molecule has 0 aromatic heterocycles. The maximum Gasteiger partial charge on any atom is 0.0470 e. The van der Waals surface area contributed by atoms with Crippen LogP contribution in [0.2, 0.25) is 41.2 Å². The van der Waals surface area contributed by atoms with Crippen molar-refractivity contribution in [3.8, 4) is 0 Å². The van der Waals surface area contributed by atoms with E-state index in [2.05, 4.69) is 67.4 Å². The topological polar surface area (TPSA) is 9.23 Å². The standard InChI is InChI=1S/C13H20O.C6H15Si.C3H9Si.Sn/c1-13(2,14)12-10-4-8-3-9(6-10)7-11(12)5-8;1-6(2,3)7(4)5;1-4(2)3;/h8-11H,3-7H2,1-2H3;1-5H3;1-3H3;/q-1;;;+1. The molecule has 4 heteroatoms. The maximum absolute atomic E-state index is 6.07. The van der Waals surface area contributed by atoms with Crippen molar-refractivity contribution in [3.63, 3.8) is 0 Å². The predicted molar refractivity (Wildman–Crippen MR) is 121 cm³/mol. The predicted octanol–water partition coefficient (Wildman–Crippen LogP) is 6.94. The van der Waals surface area contributed by atoms with E-state index in [4.69, 9.17) is 3.07 Å². The second-order valence-electron chi connectivity index (χ2n) is 11.6. The Kier molecular flexibility index (Phi) is 7.68. The molecule has 5 fully saturated rings. The van der Waals surface area contributed by atoms with Gasteiger partial charge in [0.25, 0.3) is 0 Å². The Bertz CT molecular complexity index is 436. The van der Waals surface area contributed by atoms with Crippen molar-refractivity contribution in [2.45, 2.75) is 114 Å². The molecule has 0 aromatic carbocycles. The van der Waals surface area contributed by atoms with Gasteiger partial charge in [0.15, 0.2) is 0 Å². The second-order valence-corrected chi connectivity index (χ2v) is 21.7. The molecular weight excluding hydrogens is 455 g/mol. The molecule has 0 aromatic rings. The van der Waals surface area contributed by atoms with Gasteiger partial charge in [-0.3, -0.25) is 0 Å². The summed E-state index contributed by atoms with van der Waals surface area (Å²) in [6.45, 7) is 23.2. The molecule has 1 spiro atoms. The summed E-state index contributed by atoms with van der Waals surface area (Å²) < 4.78 is 6.84. The van der Waals surface area contributed by atoms with Crippen LogP contribution in [-0.4, -0.2) is 44.8 Å². The summed E-state index contributed by atoms with van der Waals surface area (Å²) in [5.74, 6) is 4.41. The molecule has 150 valence electrons. The van der Waals surface area contributed by atoms with Crippen LogP contribution in [0.25, 0.3) is 0 Å². The molecule has 4 bridgehead atoms. The van der Waals surface area contributed by atoms with E-state index in [0.29, 0.717) is 5.04 Å². The van der Waals surface area contributed by atoms with Crippen LogP contribution in [0.15, 0.2) is 0 Å². The van der Waals surface area contributed by atoms with Crippen molar-refractivity contribution in [3.05, 3.63) is 0 Å². The van der Waals surface area contributed by atoms with Crippen molar-refractivity contribution >= 4 is 39.1 Å². The molecule has 5 aliphatic rings. The minimum Gasteiger partial charge on any atom is -0.0715 e. The van der Waals surface area contributed by atoms with Crippen molar-refractivity contribution in [2.24, 2.45) is 23.7 Å². The Morgan fingerprint density at radius 2 is 1.15 bits per heavy atom. The second kappa shape index (κ2) is 8.51. The molecule has 1 heterocycles. The number of rotatable bonds is 0. The van der Waals surface area contributed by atoms with E-state index >= 15 is 0 Å². The molecule has 1 nitrogen and oxygen atoms in total. The van der Waals surface area contributed by atoms with Crippen molar-refractivity contribution in [1.29, 1.82) is 0 Å². The third kappa shape index (κ3) is 4.84. The minimum atomic E-state index is -0.497. The largest absolute Gasteiger partial charge is 0.0715 e. The van der Waals surface area contributed by atoms with Crippen LogP contribution in [0.1, 0.15) is 66.7 Å². The molecule has 0 atom stereocenters. The van der Waals surface area contributed by atoms with E-state index < -0.39 is 21.6 Å². The maximum atomic E-state index is 6.07. The molecule has 0 amide bonds. The van der Waals surface area contributed by atoms with Crippen LogP contribution >= 0.6 is 0 Å². The molecule has 26 heavy (non-hydrogen) atoms. The molecule has 4 aliphatic carbocycles. The Morgan fingerprint density at radius 1 is 0.808 bits per heavy atom. The summed E-state index contributed by atoms with van der Waals surface area (Å²) in [5.41, 5.74) is 0.266. The first-order chi connectivity index (χ1) is 11.8. The molecule has 1 saturated heterocycles. The van der Waals surface area contributed by atoms with E-state index in [0.717, 1.165) is 27.1 Å². The molecule has 5 rings (SSSR count). The summed E-state index contributed by atoms with van der Waals surface area (Å²) in [4.78, 5) is 0. The van der Waals surface area contributed by atoms with Gasteiger partial charge in [-0.25, -0.2) is 0 Å². The van der Waals surface area contributed by atoms with Gasteiger partial charge in [-0.15, -0.1) is 0 Å². The smallest absolute Gasteiger partial charge is 0.0470 e. The van der Waals surface area contributed by atoms with E-state index in [1.54, 1.807) is 32.1 Å². The average Bonchev–Trinajstić information content (AvgIpc) is 2.44. The van der Waals surface area contributed by atoms with Crippen molar-refractivity contribution < 1.29 is 3.07 Å². The first kappa shape index (κ1) is 23.5. The Labute approximate surface area is 178 Å². The Balaban J connectivity index is 0.000000188. The summed E-state index contributed by atoms with van der Waals surface area (Å²) in [5, 5.41) is 0.602. The van der Waals surface area contributed by atoms with E-state index in [1.165, 1.54) is 0 Å². The number of hydrogen-bond donors (Lipinski definition) is 0. The third-order valence-electron chi connectivity index (χ3n) is 7.40. The molecule has 1 aliphatic heterocycles. The van der Waals surface area contributed by atoms with Gasteiger partial charge >= 0.3 is 103 Å². The molecule has 4 radical (unpaired) electrons. The summed E-state index contributed by atoms with van der Waals surface area (Å²) in [7, 11) is 0.0702. The first-order valence-corrected chi connectivity index (χ1v) is 18.9. The van der Waals surface area contributed by atoms with Crippen molar-refractivity contribution in [2.75, 3.05) is 0 Å². The van der Waals surface area contributed by atoms with Gasteiger partial charge < -0.3 is 0 Å². The summed E-state index contributed by atoms with van der Waals surface area (Å²) >= 11 is -0.497. The quantitative estimate of drug-likeness (QED) is 0.328. The van der Waals surface area contributed by atoms with Gasteiger partial charge in [-0.1, -0.05) is 53.5 Å². The first-order valence-electron chi connectivity index (χ1n) is 10.8. The fourth-order valence-electron chi connectivity index (χ4n) is 5.45. The summed E-state index contributed by atoms with van der Waals surface area (Å²) in [6, 6.07) is 0. The van der Waals surface area contributed by atoms with Crippen LogP contribution < -0.4 is 0 Å². The molecule has 4 saturated carbocycles. The Hall–Kier alpha value is 1.19. The average molecular weight is 499 g/mol. The van der Waals surface area contributed by atoms with E-state index in [1.807, 2.05) is 0 Å². The van der Waals surface area contributed by atoms with Gasteiger partial charge in [0.2, 0.25) is 0 Å². The third-order valence-corrected chi connectivity index (χ3v) is 17.2. The molecule has 0 N–H and O–H groups in total. The van der Waals surface area contributed by atoms with Crippen LogP contribution in [0.5, 0.6) is 0 Å². The normalized spacial score (nSPS) is 39.2. The van der Waals surface area contributed by atoms with Gasteiger partial charge in [0.05, 0.1) is 0 Å². The SMILES string of the molecule is CC1(C)[O][Sn][C]12C1CC3CC(C1)CC2C3.C[Si](C)C.C[Si](C)C(C)(C)C. The van der Waals surface area contributed by atoms with Gasteiger partial charge in [-0.2, -0.15) is 0 Å².